The summed E-state index contributed by atoms with van der Waals surface area (Å²) in [6.07, 6.45) is 2.39. The lowest BCUT2D eigenvalue weighted by Gasteiger charge is -2.09. The monoisotopic (exact) mass is 384 g/mol. The molecule has 2 aromatic carbocycles. The molecule has 2 heterocycles. The molecule has 0 aliphatic heterocycles. The summed E-state index contributed by atoms with van der Waals surface area (Å²) in [6.45, 7) is 0.551. The van der Waals surface area contributed by atoms with Crippen molar-refractivity contribution in [1.29, 1.82) is 0 Å². The molecule has 2 N–H and O–H groups in total. The average molecular weight is 384 g/mol. The van der Waals surface area contributed by atoms with Crippen molar-refractivity contribution < 1.29 is 4.79 Å². The van der Waals surface area contributed by atoms with Gasteiger partial charge in [-0.15, -0.1) is 10.2 Å². The molecular formula is C22H20N6O. The molecule has 0 atom stereocenters. The number of hydrogen-bond acceptors (Lipinski definition) is 5. The molecule has 7 nitrogen and oxygen atoms in total. The van der Waals surface area contributed by atoms with Crippen LogP contribution in [0.25, 0.3) is 11.0 Å². The molecule has 1 amide bonds. The molecule has 2 aromatic heterocycles. The molecule has 1 saturated carbocycles. The Morgan fingerprint density at radius 2 is 1.76 bits per heavy atom. The number of para-hydroxylation sites is 3. The van der Waals surface area contributed by atoms with Crippen LogP contribution in [-0.2, 0) is 6.54 Å². The third-order valence-electron chi connectivity index (χ3n) is 4.94. The van der Waals surface area contributed by atoms with Gasteiger partial charge in [-0.2, -0.15) is 0 Å². The molecule has 7 heteroatoms. The van der Waals surface area contributed by atoms with Gasteiger partial charge in [0.2, 0.25) is 0 Å². The Hall–Kier alpha value is -3.74. The molecule has 0 unspecified atom stereocenters. The summed E-state index contributed by atoms with van der Waals surface area (Å²) in [5.41, 5.74) is 3.17. The van der Waals surface area contributed by atoms with E-state index in [9.17, 15) is 4.79 Å². The number of amides is 1. The number of nitrogens with one attached hydrogen (secondary N) is 2. The zero-order valence-electron chi connectivity index (χ0n) is 15.7. The minimum atomic E-state index is -0.286. The Morgan fingerprint density at radius 1 is 0.966 bits per heavy atom. The lowest BCUT2D eigenvalue weighted by atomic mass is 10.3. The third kappa shape index (κ3) is 3.67. The Bertz CT molecular complexity index is 1150. The number of carbonyl (C=O) groups is 1. The second-order valence-corrected chi connectivity index (χ2v) is 7.10. The summed E-state index contributed by atoms with van der Waals surface area (Å²) >= 11 is 0. The first kappa shape index (κ1) is 17.4. The van der Waals surface area contributed by atoms with Crippen molar-refractivity contribution in [3.63, 3.8) is 0 Å². The van der Waals surface area contributed by atoms with Crippen LogP contribution < -0.4 is 10.6 Å². The number of imidazole rings is 1. The molecule has 0 bridgehead atoms. The van der Waals surface area contributed by atoms with Crippen LogP contribution in [0.2, 0.25) is 0 Å². The first-order valence-corrected chi connectivity index (χ1v) is 9.68. The lowest BCUT2D eigenvalue weighted by molar-refractivity contribution is 0.102. The Kier molecular flexibility index (Phi) is 4.40. The van der Waals surface area contributed by atoms with Crippen LogP contribution in [-0.4, -0.2) is 25.7 Å². The van der Waals surface area contributed by atoms with E-state index in [-0.39, 0.29) is 11.6 Å². The Balaban J connectivity index is 1.28. The molecule has 5 rings (SSSR count). The summed E-state index contributed by atoms with van der Waals surface area (Å²) in [5.74, 6) is 1.31. The molecule has 0 spiro atoms. The highest BCUT2D eigenvalue weighted by molar-refractivity contribution is 6.02. The van der Waals surface area contributed by atoms with Crippen molar-refractivity contribution in [3.05, 3.63) is 78.2 Å². The largest absolute Gasteiger partial charge is 0.361 e. The molecule has 29 heavy (non-hydrogen) atoms. The molecule has 0 radical (unpaired) electrons. The maximum Gasteiger partial charge on any atom is 0.276 e. The topological polar surface area (TPSA) is 84.7 Å². The lowest BCUT2D eigenvalue weighted by Crippen LogP contribution is -2.15. The second-order valence-electron chi connectivity index (χ2n) is 7.10. The van der Waals surface area contributed by atoms with Gasteiger partial charge in [-0.05, 0) is 49.2 Å². The van der Waals surface area contributed by atoms with E-state index < -0.39 is 0 Å². The van der Waals surface area contributed by atoms with Gasteiger partial charge in [0.05, 0.1) is 17.6 Å². The summed E-state index contributed by atoms with van der Waals surface area (Å²) in [7, 11) is 0. The Labute approximate surface area is 167 Å². The van der Waals surface area contributed by atoms with Gasteiger partial charge < -0.3 is 15.2 Å². The van der Waals surface area contributed by atoms with Gasteiger partial charge in [0.1, 0.15) is 11.6 Å². The quantitative estimate of drug-likeness (QED) is 0.524. The van der Waals surface area contributed by atoms with E-state index in [2.05, 4.69) is 31.5 Å². The maximum atomic E-state index is 12.3. The van der Waals surface area contributed by atoms with Crippen molar-refractivity contribution >= 4 is 28.4 Å². The summed E-state index contributed by atoms with van der Waals surface area (Å²) in [6, 6.07) is 21.4. The SMILES string of the molecule is O=C(Nc1ccccc1)c1ccc(NCc2nc3ccccc3n2C2CC2)nn1. The minimum Gasteiger partial charge on any atom is -0.361 e. The van der Waals surface area contributed by atoms with Gasteiger partial charge in [0, 0.05) is 11.7 Å². The normalized spacial score (nSPS) is 13.4. The molecule has 1 aliphatic carbocycles. The van der Waals surface area contributed by atoms with E-state index in [0.717, 1.165) is 17.0 Å². The smallest absolute Gasteiger partial charge is 0.276 e. The number of aromatic nitrogens is 4. The number of benzene rings is 2. The van der Waals surface area contributed by atoms with Crippen LogP contribution in [0.4, 0.5) is 11.5 Å². The number of rotatable bonds is 6. The van der Waals surface area contributed by atoms with E-state index in [1.165, 1.54) is 18.4 Å². The van der Waals surface area contributed by atoms with Crippen LogP contribution in [0, 0.1) is 0 Å². The number of hydrogen-bond donors (Lipinski definition) is 2. The number of fused-ring (bicyclic) bond motifs is 1. The van der Waals surface area contributed by atoms with Crippen LogP contribution >= 0.6 is 0 Å². The molecule has 1 aliphatic rings. The fourth-order valence-electron chi connectivity index (χ4n) is 3.39. The van der Waals surface area contributed by atoms with Gasteiger partial charge in [-0.25, -0.2) is 4.98 Å². The van der Waals surface area contributed by atoms with E-state index >= 15 is 0 Å². The zero-order valence-corrected chi connectivity index (χ0v) is 15.7. The molecule has 1 fully saturated rings. The summed E-state index contributed by atoms with van der Waals surface area (Å²) in [5, 5.41) is 14.3. The number of nitrogens with zero attached hydrogens (tertiary/aromatic N) is 4. The average Bonchev–Trinajstić information content (AvgIpc) is 3.53. The van der Waals surface area contributed by atoms with Gasteiger partial charge >= 0.3 is 0 Å². The fraction of sp³-hybridized carbons (Fsp3) is 0.182. The van der Waals surface area contributed by atoms with Gasteiger partial charge in [0.25, 0.3) is 5.91 Å². The minimum absolute atomic E-state index is 0.268. The fourth-order valence-corrected chi connectivity index (χ4v) is 3.39. The van der Waals surface area contributed by atoms with Gasteiger partial charge in [-0.1, -0.05) is 30.3 Å². The van der Waals surface area contributed by atoms with Crippen LogP contribution in [0.15, 0.2) is 66.7 Å². The van der Waals surface area contributed by atoms with E-state index in [4.69, 9.17) is 4.98 Å². The first-order valence-electron chi connectivity index (χ1n) is 9.68. The zero-order chi connectivity index (χ0) is 19.6. The summed E-state index contributed by atoms with van der Waals surface area (Å²) in [4.78, 5) is 17.1. The number of carbonyl (C=O) groups excluding carboxylic acids is 1. The van der Waals surface area contributed by atoms with Crippen molar-refractivity contribution in [2.75, 3.05) is 10.6 Å². The van der Waals surface area contributed by atoms with Gasteiger partial charge in [0.15, 0.2) is 5.69 Å². The maximum absolute atomic E-state index is 12.3. The van der Waals surface area contributed by atoms with Crippen LogP contribution in [0.3, 0.4) is 0 Å². The standard InChI is InChI=1S/C22H20N6O/c29-22(24-15-6-2-1-3-7-15)18-12-13-20(27-26-18)23-14-21-25-17-8-4-5-9-19(17)28(21)16-10-11-16/h1-9,12-13,16H,10-11,14H2,(H,23,27)(H,24,29). The van der Waals surface area contributed by atoms with Crippen LogP contribution in [0.5, 0.6) is 0 Å². The molecule has 0 saturated heterocycles. The van der Waals surface area contributed by atoms with E-state index in [1.54, 1.807) is 12.1 Å². The summed E-state index contributed by atoms with van der Waals surface area (Å²) < 4.78 is 2.32. The number of anilines is 2. The molecule has 4 aromatic rings. The van der Waals surface area contributed by atoms with Gasteiger partial charge in [-0.3, -0.25) is 4.79 Å². The van der Waals surface area contributed by atoms with Crippen molar-refractivity contribution in [1.82, 2.24) is 19.7 Å². The predicted molar refractivity (Wildman–Crippen MR) is 112 cm³/mol. The van der Waals surface area contributed by atoms with E-state index in [1.807, 2.05) is 48.5 Å². The van der Waals surface area contributed by atoms with Crippen LogP contribution in [0.1, 0.15) is 35.2 Å². The second kappa shape index (κ2) is 7.35. The first-order chi connectivity index (χ1) is 14.3. The Morgan fingerprint density at radius 3 is 2.52 bits per heavy atom. The van der Waals surface area contributed by atoms with E-state index in [0.29, 0.717) is 18.4 Å². The third-order valence-corrected chi connectivity index (χ3v) is 4.94. The highest BCUT2D eigenvalue weighted by Crippen LogP contribution is 2.38. The predicted octanol–water partition coefficient (Wildman–Crippen LogP) is 4.03. The molecular weight excluding hydrogens is 364 g/mol. The van der Waals surface area contributed by atoms with Crippen molar-refractivity contribution in [2.45, 2.75) is 25.4 Å². The molecule has 144 valence electrons. The highest BCUT2D eigenvalue weighted by atomic mass is 16.1. The van der Waals surface area contributed by atoms with Crippen molar-refractivity contribution in [2.24, 2.45) is 0 Å². The van der Waals surface area contributed by atoms with Crippen molar-refractivity contribution in [3.8, 4) is 0 Å². The highest BCUT2D eigenvalue weighted by Gasteiger charge is 2.27.